The molecule has 2 aromatic rings. The molecule has 1 N–H and O–H groups in total. The number of hydrogen-bond acceptors (Lipinski definition) is 3. The number of hydrogen-bond donors (Lipinski definition) is 1. The van der Waals surface area contributed by atoms with E-state index in [-0.39, 0.29) is 23.0 Å². The van der Waals surface area contributed by atoms with Gasteiger partial charge in [0, 0.05) is 23.1 Å². The summed E-state index contributed by atoms with van der Waals surface area (Å²) < 4.78 is 11.8. The first-order valence-electron chi connectivity index (χ1n) is 11.5. The predicted molar refractivity (Wildman–Crippen MR) is 122 cm³/mol. The van der Waals surface area contributed by atoms with E-state index in [1.165, 1.54) is 24.8 Å². The highest BCUT2D eigenvalue weighted by atomic mass is 16.6. The zero-order valence-corrected chi connectivity index (χ0v) is 18.5. The molecule has 1 aromatic carbocycles. The van der Waals surface area contributed by atoms with Gasteiger partial charge in [-0.05, 0) is 72.4 Å². The number of epoxide rings is 1. The first-order valence-corrected chi connectivity index (χ1v) is 11.5. The fraction of sp³-hybridized carbons (Fsp3) is 0.444. The molecule has 160 valence electrons. The van der Waals surface area contributed by atoms with Gasteiger partial charge in [0.15, 0.2) is 0 Å². The van der Waals surface area contributed by atoms with Gasteiger partial charge in [0.2, 0.25) is 0 Å². The summed E-state index contributed by atoms with van der Waals surface area (Å²) in [7, 11) is 0. The summed E-state index contributed by atoms with van der Waals surface area (Å²) in [5.41, 5.74) is 6.98. The van der Waals surface area contributed by atoms with E-state index in [0.29, 0.717) is 12.3 Å². The number of amides is 1. The lowest BCUT2D eigenvalue weighted by atomic mass is 9.64. The average molecular weight is 416 g/mol. The van der Waals surface area contributed by atoms with Gasteiger partial charge in [-0.3, -0.25) is 4.79 Å². The highest BCUT2D eigenvalue weighted by molar-refractivity contribution is 6.05. The minimum Gasteiger partial charge on any atom is -0.464 e. The second kappa shape index (κ2) is 6.46. The topological polar surface area (TPSA) is 54.8 Å². The van der Waals surface area contributed by atoms with Crippen LogP contribution < -0.4 is 5.32 Å². The smallest absolute Gasteiger partial charge is 0.251 e. The minimum absolute atomic E-state index is 0.0451. The van der Waals surface area contributed by atoms with Crippen molar-refractivity contribution in [1.29, 1.82) is 0 Å². The quantitative estimate of drug-likeness (QED) is 0.598. The summed E-state index contributed by atoms with van der Waals surface area (Å²) in [6.07, 6.45) is 11.4. The first kappa shape index (κ1) is 19.1. The number of carbonyl (C=O) groups excluding carboxylic acids is 1. The van der Waals surface area contributed by atoms with Crippen molar-refractivity contribution in [2.75, 3.05) is 5.32 Å². The fourth-order valence-electron chi connectivity index (χ4n) is 6.16. The summed E-state index contributed by atoms with van der Waals surface area (Å²) >= 11 is 0. The van der Waals surface area contributed by atoms with Crippen LogP contribution in [0, 0.1) is 11.3 Å². The number of nitrogens with one attached hydrogen (secondary N) is 1. The monoisotopic (exact) mass is 415 g/mol. The van der Waals surface area contributed by atoms with E-state index >= 15 is 0 Å². The van der Waals surface area contributed by atoms with E-state index in [0.717, 1.165) is 28.7 Å². The highest BCUT2D eigenvalue weighted by Crippen LogP contribution is 2.65. The summed E-state index contributed by atoms with van der Waals surface area (Å²) in [5, 5.41) is 4.06. The molecule has 1 saturated heterocycles. The van der Waals surface area contributed by atoms with E-state index < -0.39 is 0 Å². The summed E-state index contributed by atoms with van der Waals surface area (Å²) in [6, 6.07) is 7.64. The van der Waals surface area contributed by atoms with Gasteiger partial charge < -0.3 is 14.5 Å². The highest BCUT2D eigenvalue weighted by Gasteiger charge is 2.64. The standard InChI is InChI=1S/C27H29NO3/c1-16(2)20-8-10-26(3)11-12-27-21(24(20)26)6-4-18(15-23(27)31-27)25(29)28-19-5-7-22-17(14-19)9-13-30-22/h4-7,9,13-14,16,23H,8,10-12,15H2,1-3H3,(H,28,29)/t23-,26+,27-/m0/s1. The summed E-state index contributed by atoms with van der Waals surface area (Å²) in [5.74, 6) is 0.508. The lowest BCUT2D eigenvalue weighted by Crippen LogP contribution is -2.34. The lowest BCUT2D eigenvalue weighted by molar-refractivity contribution is -0.113. The normalized spacial score (nSPS) is 31.5. The molecule has 1 saturated carbocycles. The number of ether oxygens (including phenoxy) is 1. The Morgan fingerprint density at radius 2 is 2.03 bits per heavy atom. The largest absolute Gasteiger partial charge is 0.464 e. The van der Waals surface area contributed by atoms with Crippen LogP contribution in [0.2, 0.25) is 0 Å². The van der Waals surface area contributed by atoms with E-state index in [1.807, 2.05) is 30.3 Å². The molecule has 1 amide bonds. The van der Waals surface area contributed by atoms with E-state index in [1.54, 1.807) is 17.4 Å². The van der Waals surface area contributed by atoms with Gasteiger partial charge in [0.1, 0.15) is 11.2 Å². The third kappa shape index (κ3) is 2.81. The average Bonchev–Trinajstić information content (AvgIpc) is 3.05. The van der Waals surface area contributed by atoms with Crippen LogP contribution >= 0.6 is 0 Å². The zero-order valence-electron chi connectivity index (χ0n) is 18.5. The van der Waals surface area contributed by atoms with Crippen LogP contribution in [0.4, 0.5) is 5.69 Å². The number of fused-ring (bicyclic) bond motifs is 3. The number of carbonyl (C=O) groups is 1. The second-order valence-electron chi connectivity index (χ2n) is 10.2. The van der Waals surface area contributed by atoms with Crippen LogP contribution in [0.1, 0.15) is 52.9 Å². The SMILES string of the molecule is CC(C)C1=C2C3=CC=C(C(=O)Nc4ccc5occc5c4)C[C@@H]4O[C@@]34CC[C@@]2(C)CC1. The van der Waals surface area contributed by atoms with Crippen molar-refractivity contribution < 1.29 is 13.9 Å². The third-order valence-corrected chi connectivity index (χ3v) is 8.01. The van der Waals surface area contributed by atoms with E-state index in [4.69, 9.17) is 9.15 Å². The van der Waals surface area contributed by atoms with Crippen molar-refractivity contribution in [3.63, 3.8) is 0 Å². The van der Waals surface area contributed by atoms with Gasteiger partial charge in [0.05, 0.1) is 12.4 Å². The summed E-state index contributed by atoms with van der Waals surface area (Å²) in [4.78, 5) is 13.1. The molecule has 0 unspecified atom stereocenters. The number of furan rings is 1. The lowest BCUT2D eigenvalue weighted by Gasteiger charge is -2.39. The van der Waals surface area contributed by atoms with Crippen LogP contribution in [0.5, 0.6) is 0 Å². The molecule has 4 nitrogen and oxygen atoms in total. The van der Waals surface area contributed by atoms with E-state index in [9.17, 15) is 4.79 Å². The molecule has 1 aromatic heterocycles. The zero-order chi connectivity index (χ0) is 21.4. The molecule has 0 radical (unpaired) electrons. The summed E-state index contributed by atoms with van der Waals surface area (Å²) in [6.45, 7) is 7.05. The maximum Gasteiger partial charge on any atom is 0.251 e. The maximum atomic E-state index is 13.1. The van der Waals surface area contributed by atoms with Crippen molar-refractivity contribution in [2.45, 2.75) is 64.6 Å². The van der Waals surface area contributed by atoms with Crippen LogP contribution in [0.15, 0.2) is 69.4 Å². The molecule has 4 aliphatic rings. The van der Waals surface area contributed by atoms with Crippen LogP contribution in [0.3, 0.4) is 0 Å². The molecule has 6 rings (SSSR count). The Labute approximate surface area is 183 Å². The van der Waals surface area contributed by atoms with Crippen LogP contribution in [-0.2, 0) is 9.53 Å². The third-order valence-electron chi connectivity index (χ3n) is 8.01. The number of rotatable bonds is 3. The molecule has 2 fully saturated rings. The van der Waals surface area contributed by atoms with Gasteiger partial charge in [-0.15, -0.1) is 0 Å². The Hall–Kier alpha value is -2.59. The van der Waals surface area contributed by atoms with Crippen molar-refractivity contribution in [3.05, 3.63) is 65.0 Å². The minimum atomic E-state index is -0.173. The predicted octanol–water partition coefficient (Wildman–Crippen LogP) is 6.31. The number of benzene rings is 1. The molecule has 3 aliphatic carbocycles. The Balaban J connectivity index is 1.33. The molecule has 0 bridgehead atoms. The molecule has 2 heterocycles. The molecule has 4 heteroatoms. The van der Waals surface area contributed by atoms with Gasteiger partial charge in [-0.25, -0.2) is 0 Å². The maximum absolute atomic E-state index is 13.1. The molecule has 1 spiro atoms. The van der Waals surface area contributed by atoms with Gasteiger partial charge in [0.25, 0.3) is 5.91 Å². The number of anilines is 1. The Bertz CT molecular complexity index is 1200. The molecular weight excluding hydrogens is 386 g/mol. The number of allylic oxidation sites excluding steroid dienone is 3. The van der Waals surface area contributed by atoms with Crippen molar-refractivity contribution in [1.82, 2.24) is 0 Å². The first-order chi connectivity index (χ1) is 14.9. The van der Waals surface area contributed by atoms with E-state index in [2.05, 4.69) is 32.2 Å². The van der Waals surface area contributed by atoms with Gasteiger partial charge >= 0.3 is 0 Å². The molecule has 3 atom stereocenters. The van der Waals surface area contributed by atoms with Crippen molar-refractivity contribution >= 4 is 22.6 Å². The Kier molecular flexibility index (Phi) is 3.98. The molecule has 31 heavy (non-hydrogen) atoms. The van der Waals surface area contributed by atoms with Gasteiger partial charge in [-0.2, -0.15) is 0 Å². The fourth-order valence-corrected chi connectivity index (χ4v) is 6.16. The van der Waals surface area contributed by atoms with Crippen molar-refractivity contribution in [3.8, 4) is 0 Å². The molecule has 1 aliphatic heterocycles. The van der Waals surface area contributed by atoms with Gasteiger partial charge in [-0.1, -0.05) is 38.5 Å². The van der Waals surface area contributed by atoms with Crippen molar-refractivity contribution in [2.24, 2.45) is 11.3 Å². The Morgan fingerprint density at radius 3 is 2.87 bits per heavy atom. The van der Waals surface area contributed by atoms with Crippen LogP contribution in [-0.4, -0.2) is 17.6 Å². The second-order valence-corrected chi connectivity index (χ2v) is 10.2. The Morgan fingerprint density at radius 1 is 1.16 bits per heavy atom. The van der Waals surface area contributed by atoms with Crippen LogP contribution in [0.25, 0.3) is 11.0 Å². The molecular formula is C27H29NO3.